The van der Waals surface area contributed by atoms with Crippen molar-refractivity contribution in [2.24, 2.45) is 0 Å². The van der Waals surface area contributed by atoms with Crippen molar-refractivity contribution in [1.82, 2.24) is 15.4 Å². The summed E-state index contributed by atoms with van der Waals surface area (Å²) in [5, 5.41) is 14.4. The molecule has 0 aliphatic rings. The molecule has 0 atom stereocenters. The summed E-state index contributed by atoms with van der Waals surface area (Å²) in [7, 11) is 0. The normalized spacial score (nSPS) is 10.9. The lowest BCUT2D eigenvalue weighted by molar-refractivity contribution is 0.392. The molecular weight excluding hydrogens is 270 g/mol. The van der Waals surface area contributed by atoms with E-state index in [-0.39, 0.29) is 0 Å². The van der Waals surface area contributed by atoms with Crippen LogP contribution in [0.2, 0.25) is 0 Å². The first-order valence-corrected chi connectivity index (χ1v) is 7.10. The smallest absolute Gasteiger partial charge is 0.277 e. The summed E-state index contributed by atoms with van der Waals surface area (Å²) < 4.78 is 10.5. The Labute approximate surface area is 111 Å². The molecule has 0 aliphatic carbocycles. The molecule has 0 saturated heterocycles. The van der Waals surface area contributed by atoms with Crippen molar-refractivity contribution in [3.05, 3.63) is 35.0 Å². The highest BCUT2D eigenvalue weighted by molar-refractivity contribution is 7.98. The van der Waals surface area contributed by atoms with E-state index in [2.05, 4.69) is 15.4 Å². The molecule has 7 heteroatoms. The van der Waals surface area contributed by atoms with Crippen LogP contribution >= 0.6 is 23.1 Å². The lowest BCUT2D eigenvalue weighted by atomic mass is 10.4. The van der Waals surface area contributed by atoms with Crippen molar-refractivity contribution >= 4 is 23.1 Å². The van der Waals surface area contributed by atoms with Gasteiger partial charge in [-0.05, 0) is 18.4 Å². The fourth-order valence-electron chi connectivity index (χ4n) is 1.39. The van der Waals surface area contributed by atoms with Crippen molar-refractivity contribution in [2.45, 2.75) is 17.9 Å². The number of aryl methyl sites for hydroxylation is 1. The van der Waals surface area contributed by atoms with E-state index in [4.69, 9.17) is 8.94 Å². The van der Waals surface area contributed by atoms with Gasteiger partial charge in [-0.2, -0.15) is 0 Å². The fourth-order valence-corrected chi connectivity index (χ4v) is 2.68. The highest BCUT2D eigenvalue weighted by Crippen LogP contribution is 2.27. The molecular formula is C11H9N3O2S2. The Kier molecular flexibility index (Phi) is 3.16. The Bertz CT molecular complexity index is 630. The summed E-state index contributed by atoms with van der Waals surface area (Å²) in [5.41, 5.74) is 0.869. The first-order valence-electron chi connectivity index (χ1n) is 5.23. The minimum atomic E-state index is 0.541. The molecule has 0 bridgehead atoms. The molecule has 3 heterocycles. The van der Waals surface area contributed by atoms with Gasteiger partial charge in [0.05, 0.1) is 10.6 Å². The predicted molar refractivity (Wildman–Crippen MR) is 68.4 cm³/mol. The van der Waals surface area contributed by atoms with Gasteiger partial charge in [-0.25, -0.2) is 0 Å². The second-order valence-corrected chi connectivity index (χ2v) is 5.44. The Morgan fingerprint density at radius 2 is 2.33 bits per heavy atom. The first kappa shape index (κ1) is 11.5. The van der Waals surface area contributed by atoms with Gasteiger partial charge in [-0.15, -0.1) is 21.5 Å². The van der Waals surface area contributed by atoms with Gasteiger partial charge >= 0.3 is 0 Å². The second kappa shape index (κ2) is 4.95. The Balaban J connectivity index is 1.67. The van der Waals surface area contributed by atoms with E-state index in [0.717, 1.165) is 16.3 Å². The van der Waals surface area contributed by atoms with Gasteiger partial charge in [-0.1, -0.05) is 23.0 Å². The Morgan fingerprint density at radius 3 is 3.06 bits per heavy atom. The van der Waals surface area contributed by atoms with E-state index in [1.54, 1.807) is 11.3 Å². The van der Waals surface area contributed by atoms with Crippen LogP contribution in [0.5, 0.6) is 0 Å². The topological polar surface area (TPSA) is 65.0 Å². The third-order valence-corrected chi connectivity index (χ3v) is 3.87. The van der Waals surface area contributed by atoms with E-state index in [1.165, 1.54) is 11.8 Å². The zero-order valence-corrected chi connectivity index (χ0v) is 11.1. The van der Waals surface area contributed by atoms with E-state index in [1.807, 2.05) is 30.5 Å². The van der Waals surface area contributed by atoms with Gasteiger partial charge in [0.25, 0.3) is 11.1 Å². The molecule has 3 aromatic heterocycles. The highest BCUT2D eigenvalue weighted by Gasteiger charge is 2.10. The number of rotatable bonds is 4. The minimum Gasteiger partial charge on any atom is -0.410 e. The van der Waals surface area contributed by atoms with Gasteiger partial charge in [0.1, 0.15) is 5.76 Å². The lowest BCUT2D eigenvalue weighted by Crippen LogP contribution is -1.79. The average Bonchev–Trinajstić information content (AvgIpc) is 3.07. The molecule has 0 spiro atoms. The van der Waals surface area contributed by atoms with Crippen LogP contribution in [0.15, 0.2) is 37.7 Å². The summed E-state index contributed by atoms with van der Waals surface area (Å²) in [6.45, 7) is 1.86. The number of hydrogen-bond acceptors (Lipinski definition) is 7. The number of nitrogens with zero attached hydrogens (tertiary/aromatic N) is 3. The van der Waals surface area contributed by atoms with Crippen molar-refractivity contribution < 1.29 is 8.94 Å². The fraction of sp³-hybridized carbons (Fsp3) is 0.182. The molecule has 0 aliphatic heterocycles. The standard InChI is InChI=1S/C11H9N3O2S2/c1-7-5-8(14-16-7)6-18-11-13-12-10(15-11)9-3-2-4-17-9/h2-5H,6H2,1H3. The lowest BCUT2D eigenvalue weighted by Gasteiger charge is -1.90. The van der Waals surface area contributed by atoms with Crippen molar-refractivity contribution in [1.29, 1.82) is 0 Å². The molecule has 3 aromatic rings. The molecule has 0 fully saturated rings. The summed E-state index contributed by atoms with van der Waals surface area (Å²) in [6, 6.07) is 5.80. The zero-order valence-electron chi connectivity index (χ0n) is 9.49. The third-order valence-electron chi connectivity index (χ3n) is 2.16. The van der Waals surface area contributed by atoms with Crippen LogP contribution in [0, 0.1) is 6.92 Å². The Hall–Kier alpha value is -1.60. The molecule has 0 saturated carbocycles. The van der Waals surface area contributed by atoms with Crippen LogP contribution in [0.3, 0.4) is 0 Å². The van der Waals surface area contributed by atoms with Crippen molar-refractivity contribution in [3.63, 3.8) is 0 Å². The van der Waals surface area contributed by atoms with Crippen LogP contribution in [0.1, 0.15) is 11.5 Å². The third kappa shape index (κ3) is 2.46. The van der Waals surface area contributed by atoms with Crippen molar-refractivity contribution in [3.8, 4) is 10.8 Å². The van der Waals surface area contributed by atoms with Gasteiger partial charge in [0.15, 0.2) is 0 Å². The zero-order chi connectivity index (χ0) is 12.4. The van der Waals surface area contributed by atoms with Crippen LogP contribution in [0.25, 0.3) is 10.8 Å². The maximum Gasteiger partial charge on any atom is 0.277 e. The quantitative estimate of drug-likeness (QED) is 0.682. The van der Waals surface area contributed by atoms with Crippen LogP contribution < -0.4 is 0 Å². The molecule has 0 amide bonds. The maximum absolute atomic E-state index is 5.55. The van der Waals surface area contributed by atoms with Crippen LogP contribution in [-0.4, -0.2) is 15.4 Å². The largest absolute Gasteiger partial charge is 0.410 e. The van der Waals surface area contributed by atoms with Crippen molar-refractivity contribution in [2.75, 3.05) is 0 Å². The number of hydrogen-bond donors (Lipinski definition) is 0. The highest BCUT2D eigenvalue weighted by atomic mass is 32.2. The van der Waals surface area contributed by atoms with Gasteiger partial charge in [0.2, 0.25) is 0 Å². The summed E-state index contributed by atoms with van der Waals surface area (Å²) in [4.78, 5) is 0.978. The first-order chi connectivity index (χ1) is 8.81. The van der Waals surface area contributed by atoms with Crippen LogP contribution in [-0.2, 0) is 5.75 Å². The molecule has 0 radical (unpaired) electrons. The summed E-state index contributed by atoms with van der Waals surface area (Å²) >= 11 is 3.02. The molecule has 5 nitrogen and oxygen atoms in total. The molecule has 0 aromatic carbocycles. The molecule has 0 N–H and O–H groups in total. The molecule has 18 heavy (non-hydrogen) atoms. The van der Waals surface area contributed by atoms with E-state index >= 15 is 0 Å². The summed E-state index contributed by atoms with van der Waals surface area (Å²) in [5.74, 6) is 2.02. The molecule has 92 valence electrons. The number of thioether (sulfide) groups is 1. The van der Waals surface area contributed by atoms with Gasteiger partial charge < -0.3 is 8.94 Å². The van der Waals surface area contributed by atoms with Gasteiger partial charge in [-0.3, -0.25) is 0 Å². The Morgan fingerprint density at radius 1 is 1.39 bits per heavy atom. The number of thiophene rings is 1. The summed E-state index contributed by atoms with van der Waals surface area (Å²) in [6.07, 6.45) is 0. The van der Waals surface area contributed by atoms with E-state index in [0.29, 0.717) is 16.9 Å². The number of aromatic nitrogens is 3. The monoisotopic (exact) mass is 279 g/mol. The van der Waals surface area contributed by atoms with E-state index < -0.39 is 0 Å². The van der Waals surface area contributed by atoms with Gasteiger partial charge in [0, 0.05) is 11.8 Å². The van der Waals surface area contributed by atoms with E-state index in [9.17, 15) is 0 Å². The second-order valence-electron chi connectivity index (χ2n) is 3.57. The molecule has 3 rings (SSSR count). The molecule has 0 unspecified atom stereocenters. The minimum absolute atomic E-state index is 0.541. The SMILES string of the molecule is Cc1cc(CSc2nnc(-c3cccs3)o2)no1. The van der Waals surface area contributed by atoms with Crippen LogP contribution in [0.4, 0.5) is 0 Å². The average molecular weight is 279 g/mol. The predicted octanol–water partition coefficient (Wildman–Crippen LogP) is 3.39. The maximum atomic E-state index is 5.55.